The minimum Gasteiger partial charge on any atom is -0.466 e. The lowest BCUT2D eigenvalue weighted by molar-refractivity contribution is -0.143. The van der Waals surface area contributed by atoms with E-state index in [-0.39, 0.29) is 18.3 Å². The predicted molar refractivity (Wildman–Crippen MR) is 47.7 cm³/mol. The zero-order valence-electron chi connectivity index (χ0n) is 7.38. The van der Waals surface area contributed by atoms with Crippen LogP contribution in [0.2, 0.25) is 0 Å². The van der Waals surface area contributed by atoms with Crippen LogP contribution in [0.1, 0.15) is 13.3 Å². The van der Waals surface area contributed by atoms with Gasteiger partial charge in [0.2, 0.25) is 6.35 Å². The standard InChI is InChI=1S/C8H12N2O3/c1-2-13-7(11)3-6-4-9-8(12)10-5-6/h4-6,8,12H,2-3H2,1H3. The molecule has 0 aliphatic carbocycles. The number of hydrogen-bond acceptors (Lipinski definition) is 5. The summed E-state index contributed by atoms with van der Waals surface area (Å²) >= 11 is 0. The van der Waals surface area contributed by atoms with E-state index in [1.165, 1.54) is 12.4 Å². The summed E-state index contributed by atoms with van der Waals surface area (Å²) in [4.78, 5) is 18.3. The maximum Gasteiger partial charge on any atom is 0.306 e. The monoisotopic (exact) mass is 184 g/mol. The van der Waals surface area contributed by atoms with E-state index in [0.29, 0.717) is 6.61 Å². The summed E-state index contributed by atoms with van der Waals surface area (Å²) < 4.78 is 4.75. The molecule has 13 heavy (non-hydrogen) atoms. The van der Waals surface area contributed by atoms with Gasteiger partial charge in [-0.05, 0) is 6.92 Å². The summed E-state index contributed by atoms with van der Waals surface area (Å²) in [6.45, 7) is 2.13. The maximum absolute atomic E-state index is 11.0. The maximum atomic E-state index is 11.0. The Morgan fingerprint density at radius 2 is 2.15 bits per heavy atom. The van der Waals surface area contributed by atoms with E-state index < -0.39 is 6.35 Å². The molecule has 1 heterocycles. The van der Waals surface area contributed by atoms with Gasteiger partial charge in [0.05, 0.1) is 13.0 Å². The van der Waals surface area contributed by atoms with Crippen molar-refractivity contribution in [3.05, 3.63) is 0 Å². The third-order valence-electron chi connectivity index (χ3n) is 1.53. The first-order valence-electron chi connectivity index (χ1n) is 4.12. The van der Waals surface area contributed by atoms with Gasteiger partial charge in [-0.3, -0.25) is 4.79 Å². The fourth-order valence-electron chi connectivity index (χ4n) is 0.970. The molecule has 0 spiro atoms. The molecule has 1 N–H and O–H groups in total. The molecule has 0 atom stereocenters. The lowest BCUT2D eigenvalue weighted by atomic mass is 10.1. The van der Waals surface area contributed by atoms with E-state index in [9.17, 15) is 4.79 Å². The third-order valence-corrected chi connectivity index (χ3v) is 1.53. The second-order valence-electron chi connectivity index (χ2n) is 2.62. The third kappa shape index (κ3) is 3.33. The van der Waals surface area contributed by atoms with Crippen LogP contribution in [0.3, 0.4) is 0 Å². The SMILES string of the molecule is CCOC(=O)CC1C=NC(O)N=C1. The average Bonchev–Trinajstić information content (AvgIpc) is 2.09. The normalized spacial score (nSPS) is 26.0. The number of aliphatic hydroxyl groups excluding tert-OH is 1. The number of hydrogen-bond donors (Lipinski definition) is 1. The van der Waals surface area contributed by atoms with Gasteiger partial charge in [0, 0.05) is 18.3 Å². The van der Waals surface area contributed by atoms with Crippen molar-refractivity contribution < 1.29 is 14.6 Å². The minimum atomic E-state index is -1.00. The van der Waals surface area contributed by atoms with Crippen LogP contribution >= 0.6 is 0 Å². The Morgan fingerprint density at radius 1 is 1.54 bits per heavy atom. The van der Waals surface area contributed by atoms with Crippen molar-refractivity contribution in [2.24, 2.45) is 15.9 Å². The molecule has 72 valence electrons. The van der Waals surface area contributed by atoms with Crippen molar-refractivity contribution in [1.29, 1.82) is 0 Å². The molecule has 1 aliphatic heterocycles. The Bertz CT molecular complexity index is 224. The van der Waals surface area contributed by atoms with Crippen molar-refractivity contribution in [3.63, 3.8) is 0 Å². The molecule has 1 aliphatic rings. The fraction of sp³-hybridized carbons (Fsp3) is 0.625. The molecule has 0 saturated carbocycles. The average molecular weight is 184 g/mol. The Kier molecular flexibility index (Phi) is 3.57. The topological polar surface area (TPSA) is 71.2 Å². The Morgan fingerprint density at radius 3 is 2.69 bits per heavy atom. The quantitative estimate of drug-likeness (QED) is 0.627. The summed E-state index contributed by atoms with van der Waals surface area (Å²) in [5.41, 5.74) is 0. The molecule has 0 aromatic carbocycles. The number of aliphatic imine (C=N–C) groups is 2. The molecule has 5 nitrogen and oxygen atoms in total. The van der Waals surface area contributed by atoms with Crippen LogP contribution in [0, 0.1) is 5.92 Å². The number of nitrogens with zero attached hydrogens (tertiary/aromatic N) is 2. The van der Waals surface area contributed by atoms with Gasteiger partial charge in [-0.1, -0.05) is 0 Å². The van der Waals surface area contributed by atoms with Crippen molar-refractivity contribution >= 4 is 18.4 Å². The van der Waals surface area contributed by atoms with Crippen LogP contribution in [-0.2, 0) is 9.53 Å². The number of carbonyl (C=O) groups is 1. The highest BCUT2D eigenvalue weighted by Gasteiger charge is 2.14. The molecular formula is C8H12N2O3. The van der Waals surface area contributed by atoms with Gasteiger partial charge >= 0.3 is 5.97 Å². The molecule has 0 aromatic rings. The predicted octanol–water partition coefficient (Wildman–Crippen LogP) is -0.0131. The minimum absolute atomic E-state index is 0.151. The van der Waals surface area contributed by atoms with Crippen molar-refractivity contribution in [3.8, 4) is 0 Å². The Hall–Kier alpha value is -1.23. The van der Waals surface area contributed by atoms with E-state index in [0.717, 1.165) is 0 Å². The number of esters is 1. The van der Waals surface area contributed by atoms with Gasteiger partial charge in [0.15, 0.2) is 0 Å². The lowest BCUT2D eigenvalue weighted by Gasteiger charge is -2.10. The van der Waals surface area contributed by atoms with Gasteiger partial charge < -0.3 is 9.84 Å². The first kappa shape index (κ1) is 9.85. The molecule has 0 amide bonds. The lowest BCUT2D eigenvalue weighted by Crippen LogP contribution is -2.18. The van der Waals surface area contributed by atoms with Crippen molar-refractivity contribution in [2.45, 2.75) is 19.7 Å². The fourth-order valence-corrected chi connectivity index (χ4v) is 0.970. The van der Waals surface area contributed by atoms with Gasteiger partial charge in [0.25, 0.3) is 0 Å². The van der Waals surface area contributed by atoms with Crippen molar-refractivity contribution in [1.82, 2.24) is 0 Å². The van der Waals surface area contributed by atoms with E-state index >= 15 is 0 Å². The van der Waals surface area contributed by atoms with Crippen LogP contribution in [0.25, 0.3) is 0 Å². The van der Waals surface area contributed by atoms with Gasteiger partial charge in [0.1, 0.15) is 0 Å². The van der Waals surface area contributed by atoms with E-state index in [1.54, 1.807) is 6.92 Å². The highest BCUT2D eigenvalue weighted by Crippen LogP contribution is 2.05. The summed E-state index contributed by atoms with van der Waals surface area (Å²) in [5, 5.41) is 8.85. The Labute approximate surface area is 76.1 Å². The molecular weight excluding hydrogens is 172 g/mol. The van der Waals surface area contributed by atoms with Crippen LogP contribution < -0.4 is 0 Å². The van der Waals surface area contributed by atoms with Crippen LogP contribution in [-0.4, -0.2) is 36.5 Å². The molecule has 0 fully saturated rings. The first-order valence-corrected chi connectivity index (χ1v) is 4.12. The molecule has 0 aromatic heterocycles. The first-order chi connectivity index (χ1) is 6.22. The van der Waals surface area contributed by atoms with Gasteiger partial charge in [-0.2, -0.15) is 0 Å². The van der Waals surface area contributed by atoms with Crippen LogP contribution in [0.15, 0.2) is 9.98 Å². The van der Waals surface area contributed by atoms with Crippen LogP contribution in [0.5, 0.6) is 0 Å². The number of carbonyl (C=O) groups excluding carboxylic acids is 1. The number of rotatable bonds is 3. The summed E-state index contributed by atoms with van der Waals surface area (Å²) in [6, 6.07) is 0. The second-order valence-corrected chi connectivity index (χ2v) is 2.62. The van der Waals surface area contributed by atoms with E-state index in [2.05, 4.69) is 9.98 Å². The molecule has 0 saturated heterocycles. The molecule has 5 heteroatoms. The summed E-state index contributed by atoms with van der Waals surface area (Å²) in [5.74, 6) is -0.427. The summed E-state index contributed by atoms with van der Waals surface area (Å²) in [7, 11) is 0. The van der Waals surface area contributed by atoms with Gasteiger partial charge in [-0.25, -0.2) is 9.98 Å². The van der Waals surface area contributed by atoms with Crippen molar-refractivity contribution in [2.75, 3.05) is 6.61 Å². The molecule has 1 rings (SSSR count). The van der Waals surface area contributed by atoms with Crippen LogP contribution in [0.4, 0.5) is 0 Å². The number of ether oxygens (including phenoxy) is 1. The Balaban J connectivity index is 2.34. The smallest absolute Gasteiger partial charge is 0.306 e. The molecule has 0 unspecified atom stereocenters. The van der Waals surface area contributed by atoms with Gasteiger partial charge in [-0.15, -0.1) is 0 Å². The largest absolute Gasteiger partial charge is 0.466 e. The van der Waals surface area contributed by atoms with E-state index in [1.807, 2.05) is 0 Å². The molecule has 0 radical (unpaired) electrons. The molecule has 0 bridgehead atoms. The zero-order valence-corrected chi connectivity index (χ0v) is 7.38. The zero-order chi connectivity index (χ0) is 9.68. The van der Waals surface area contributed by atoms with E-state index in [4.69, 9.17) is 9.84 Å². The summed E-state index contributed by atoms with van der Waals surface area (Å²) in [6.07, 6.45) is 2.25. The highest BCUT2D eigenvalue weighted by molar-refractivity contribution is 5.89. The second kappa shape index (κ2) is 4.71. The highest BCUT2D eigenvalue weighted by atomic mass is 16.5. The number of aliphatic hydroxyl groups is 1.